The molecule has 2 aromatic rings. The summed E-state index contributed by atoms with van der Waals surface area (Å²) in [6, 6.07) is 16.3. The van der Waals surface area contributed by atoms with E-state index in [2.05, 4.69) is 25.7 Å². The van der Waals surface area contributed by atoms with Crippen molar-refractivity contribution in [3.63, 3.8) is 0 Å². The van der Waals surface area contributed by atoms with E-state index in [0.717, 1.165) is 11.3 Å². The summed E-state index contributed by atoms with van der Waals surface area (Å²) in [4.78, 5) is 44.5. The first-order valence-corrected chi connectivity index (χ1v) is 11.1. The third-order valence-electron chi connectivity index (χ3n) is 6.92. The molecule has 164 valence electrons. The quantitative estimate of drug-likeness (QED) is 0.585. The number of rotatable bonds is 5. The molecule has 0 unspecified atom stereocenters. The molecule has 0 bridgehead atoms. The van der Waals surface area contributed by atoms with E-state index >= 15 is 0 Å². The van der Waals surface area contributed by atoms with Gasteiger partial charge in [0.25, 0.3) is 5.91 Å². The number of carbonyl (C=O) groups is 3. The minimum absolute atomic E-state index is 0.184. The highest BCUT2D eigenvalue weighted by molar-refractivity contribution is 6.26. The maximum atomic E-state index is 14.0. The Balaban J connectivity index is 1.69. The molecule has 1 spiro atoms. The normalized spacial score (nSPS) is 28.7. The highest BCUT2D eigenvalue weighted by Gasteiger charge is 2.71. The molecule has 6 nitrogen and oxygen atoms in total. The van der Waals surface area contributed by atoms with E-state index in [1.807, 2.05) is 42.5 Å². The zero-order valence-corrected chi connectivity index (χ0v) is 18.3. The first-order chi connectivity index (χ1) is 15.4. The Labute approximate surface area is 187 Å². The van der Waals surface area contributed by atoms with Gasteiger partial charge in [0, 0.05) is 23.8 Å². The van der Waals surface area contributed by atoms with Gasteiger partial charge in [-0.15, -0.1) is 6.58 Å². The summed E-state index contributed by atoms with van der Waals surface area (Å²) >= 11 is 0. The number of anilines is 2. The van der Waals surface area contributed by atoms with Gasteiger partial charge >= 0.3 is 0 Å². The van der Waals surface area contributed by atoms with Gasteiger partial charge in [0.1, 0.15) is 5.54 Å². The van der Waals surface area contributed by atoms with Gasteiger partial charge in [0.2, 0.25) is 11.8 Å². The van der Waals surface area contributed by atoms with Crippen LogP contribution in [0.5, 0.6) is 0 Å². The number of hydrogen-bond donors (Lipinski definition) is 1. The lowest BCUT2D eigenvalue weighted by Crippen LogP contribution is -2.55. The van der Waals surface area contributed by atoms with Gasteiger partial charge in [-0.25, -0.2) is 4.90 Å². The van der Waals surface area contributed by atoms with Crippen molar-refractivity contribution in [1.82, 2.24) is 5.32 Å². The summed E-state index contributed by atoms with van der Waals surface area (Å²) in [6.45, 7) is 8.33. The van der Waals surface area contributed by atoms with E-state index in [1.54, 1.807) is 23.1 Å². The smallest absolute Gasteiger partial charge is 0.253 e. The summed E-state index contributed by atoms with van der Waals surface area (Å²) in [7, 11) is 0. The maximum Gasteiger partial charge on any atom is 0.253 e. The lowest BCUT2D eigenvalue weighted by atomic mass is 9.76. The molecule has 3 aliphatic rings. The van der Waals surface area contributed by atoms with Crippen LogP contribution in [0.2, 0.25) is 0 Å². The summed E-state index contributed by atoms with van der Waals surface area (Å²) < 4.78 is 0. The molecule has 0 radical (unpaired) electrons. The van der Waals surface area contributed by atoms with Crippen LogP contribution in [0.15, 0.2) is 67.3 Å². The van der Waals surface area contributed by atoms with Gasteiger partial charge in [-0.2, -0.15) is 0 Å². The average molecular weight is 430 g/mol. The summed E-state index contributed by atoms with van der Waals surface area (Å²) in [5.41, 5.74) is 0.841. The second-order valence-electron chi connectivity index (χ2n) is 9.26. The van der Waals surface area contributed by atoms with Crippen LogP contribution in [0.3, 0.4) is 0 Å². The number of amides is 3. The number of hydrogen-bond acceptors (Lipinski definition) is 4. The van der Waals surface area contributed by atoms with Gasteiger partial charge in [-0.05, 0) is 30.5 Å². The zero-order valence-electron chi connectivity index (χ0n) is 18.3. The van der Waals surface area contributed by atoms with Crippen LogP contribution < -0.4 is 15.1 Å². The summed E-state index contributed by atoms with van der Waals surface area (Å²) in [6.07, 6.45) is 2.38. The molecule has 3 aliphatic heterocycles. The van der Waals surface area contributed by atoms with E-state index in [4.69, 9.17) is 0 Å². The van der Waals surface area contributed by atoms with E-state index in [9.17, 15) is 14.4 Å². The molecule has 1 N–H and O–H groups in total. The Hall–Kier alpha value is -3.25. The molecule has 3 heterocycles. The number of imide groups is 1. The zero-order chi connectivity index (χ0) is 22.6. The van der Waals surface area contributed by atoms with Crippen molar-refractivity contribution in [1.29, 1.82) is 0 Å². The average Bonchev–Trinajstić information content (AvgIpc) is 3.33. The molecule has 3 amide bonds. The predicted molar refractivity (Wildman–Crippen MR) is 123 cm³/mol. The maximum absolute atomic E-state index is 14.0. The largest absolute Gasteiger partial charge is 0.306 e. The fourth-order valence-electron chi connectivity index (χ4n) is 5.80. The lowest BCUT2D eigenvalue weighted by Gasteiger charge is -2.30. The van der Waals surface area contributed by atoms with Gasteiger partial charge in [-0.1, -0.05) is 56.3 Å². The molecule has 6 heteroatoms. The van der Waals surface area contributed by atoms with E-state index in [1.165, 1.54) is 4.90 Å². The number of carbonyl (C=O) groups excluding carboxylic acids is 3. The van der Waals surface area contributed by atoms with Crippen LogP contribution in [0.4, 0.5) is 11.4 Å². The molecule has 2 saturated heterocycles. The summed E-state index contributed by atoms with van der Waals surface area (Å²) in [5, 5.41) is 3.53. The van der Waals surface area contributed by atoms with Gasteiger partial charge < -0.3 is 4.90 Å². The van der Waals surface area contributed by atoms with Crippen molar-refractivity contribution >= 4 is 29.1 Å². The van der Waals surface area contributed by atoms with Crippen molar-refractivity contribution < 1.29 is 14.4 Å². The Kier molecular flexibility index (Phi) is 4.78. The minimum Gasteiger partial charge on any atom is -0.306 e. The minimum atomic E-state index is -1.25. The number of nitrogens with one attached hydrogen (secondary N) is 1. The fraction of sp³-hybridized carbons (Fsp3) is 0.346. The molecule has 0 saturated carbocycles. The summed E-state index contributed by atoms with van der Waals surface area (Å²) in [5.74, 6) is -1.81. The molecule has 5 rings (SSSR count). The number of para-hydroxylation sites is 2. The third kappa shape index (κ3) is 2.65. The molecule has 2 aromatic carbocycles. The monoisotopic (exact) mass is 429 g/mol. The first-order valence-electron chi connectivity index (χ1n) is 11.1. The standard InChI is InChI=1S/C26H27N3O3/c1-4-14-28-20-13-9-8-12-18(20)26(25(28)32)22-21(19(27-26)15-16(2)3)23(30)29(24(22)31)17-10-6-5-7-11-17/h4-13,16,19,21-22,27H,1,14-15H2,2-3H3/t19-,21+,22+,26+/m1/s1. The first kappa shape index (κ1) is 20.6. The Morgan fingerprint density at radius 3 is 2.41 bits per heavy atom. The van der Waals surface area contributed by atoms with Crippen LogP contribution in [0.25, 0.3) is 0 Å². The topological polar surface area (TPSA) is 69.7 Å². The third-order valence-corrected chi connectivity index (χ3v) is 6.92. The lowest BCUT2D eigenvalue weighted by molar-refractivity contribution is -0.132. The van der Waals surface area contributed by atoms with Gasteiger partial charge in [-0.3, -0.25) is 19.7 Å². The van der Waals surface area contributed by atoms with E-state index < -0.39 is 17.4 Å². The fourth-order valence-corrected chi connectivity index (χ4v) is 5.80. The van der Waals surface area contributed by atoms with Gasteiger partial charge in [0.15, 0.2) is 0 Å². The Morgan fingerprint density at radius 1 is 1.03 bits per heavy atom. The Bertz CT molecular complexity index is 1110. The molecule has 0 aliphatic carbocycles. The van der Waals surface area contributed by atoms with Crippen LogP contribution in [0, 0.1) is 17.8 Å². The Morgan fingerprint density at radius 2 is 1.72 bits per heavy atom. The number of fused-ring (bicyclic) bond motifs is 4. The molecule has 2 fully saturated rings. The molecule has 4 atom stereocenters. The second kappa shape index (κ2) is 7.41. The molecular formula is C26H27N3O3. The van der Waals surface area contributed by atoms with Crippen LogP contribution in [-0.2, 0) is 19.9 Å². The number of benzene rings is 2. The highest BCUT2D eigenvalue weighted by Crippen LogP contribution is 2.55. The number of nitrogens with zero attached hydrogens (tertiary/aromatic N) is 2. The van der Waals surface area contributed by atoms with E-state index in [-0.39, 0.29) is 23.8 Å². The molecule has 0 aromatic heterocycles. The predicted octanol–water partition coefficient (Wildman–Crippen LogP) is 3.24. The van der Waals surface area contributed by atoms with Crippen molar-refractivity contribution in [3.8, 4) is 0 Å². The van der Waals surface area contributed by atoms with Crippen molar-refractivity contribution in [3.05, 3.63) is 72.8 Å². The van der Waals surface area contributed by atoms with E-state index in [0.29, 0.717) is 24.6 Å². The van der Waals surface area contributed by atoms with Crippen LogP contribution in [-0.4, -0.2) is 30.3 Å². The SMILES string of the molecule is C=CCN1C(=O)[C@]2(N[C@H](CC(C)C)[C@@H]3C(=O)N(c4ccccc4)C(=O)[C@H]32)c2ccccc21. The van der Waals surface area contributed by atoms with Crippen molar-refractivity contribution in [2.75, 3.05) is 16.3 Å². The molecule has 32 heavy (non-hydrogen) atoms. The van der Waals surface area contributed by atoms with Crippen LogP contribution in [0.1, 0.15) is 25.8 Å². The highest BCUT2D eigenvalue weighted by atomic mass is 16.2. The van der Waals surface area contributed by atoms with Gasteiger partial charge in [0.05, 0.1) is 17.5 Å². The van der Waals surface area contributed by atoms with Crippen molar-refractivity contribution in [2.24, 2.45) is 17.8 Å². The van der Waals surface area contributed by atoms with Crippen LogP contribution >= 0.6 is 0 Å². The van der Waals surface area contributed by atoms with Crippen molar-refractivity contribution in [2.45, 2.75) is 31.8 Å². The molecular weight excluding hydrogens is 402 g/mol. The second-order valence-corrected chi connectivity index (χ2v) is 9.26.